The summed E-state index contributed by atoms with van der Waals surface area (Å²) in [5.74, 6) is -0.268. The van der Waals surface area contributed by atoms with E-state index in [1.54, 1.807) is 0 Å². The highest BCUT2D eigenvalue weighted by Crippen LogP contribution is 2.20. The molecule has 20 heavy (non-hydrogen) atoms. The molecular formula is C16H16ClNO2. The van der Waals surface area contributed by atoms with Gasteiger partial charge in [0.15, 0.2) is 0 Å². The van der Waals surface area contributed by atoms with Gasteiger partial charge in [-0.3, -0.25) is 4.79 Å². The number of hydrogen-bond donors (Lipinski definition) is 0. The maximum Gasteiger partial charge on any atom is 0.325 e. The highest BCUT2D eigenvalue weighted by Gasteiger charge is 2.12. The molecule has 0 unspecified atom stereocenters. The zero-order valence-corrected chi connectivity index (χ0v) is 12.0. The summed E-state index contributed by atoms with van der Waals surface area (Å²) in [4.78, 5) is 13.5. The van der Waals surface area contributed by atoms with Crippen LogP contribution in [0.5, 0.6) is 0 Å². The molecule has 0 aliphatic heterocycles. The Morgan fingerprint density at radius 3 is 2.35 bits per heavy atom. The van der Waals surface area contributed by atoms with Crippen LogP contribution in [0.2, 0.25) is 5.02 Å². The van der Waals surface area contributed by atoms with Gasteiger partial charge < -0.3 is 9.64 Å². The molecule has 0 bridgehead atoms. The second-order valence-electron chi connectivity index (χ2n) is 4.39. The van der Waals surface area contributed by atoms with Crippen molar-refractivity contribution >= 4 is 23.3 Å². The predicted molar refractivity (Wildman–Crippen MR) is 81.0 cm³/mol. The maximum atomic E-state index is 11.6. The summed E-state index contributed by atoms with van der Waals surface area (Å²) in [7, 11) is 1.39. The van der Waals surface area contributed by atoms with Crippen LogP contribution in [0.25, 0.3) is 0 Å². The van der Waals surface area contributed by atoms with E-state index in [1.165, 1.54) is 7.11 Å². The highest BCUT2D eigenvalue weighted by molar-refractivity contribution is 6.30. The van der Waals surface area contributed by atoms with E-state index in [1.807, 2.05) is 59.5 Å². The van der Waals surface area contributed by atoms with Crippen molar-refractivity contribution in [1.82, 2.24) is 0 Å². The van der Waals surface area contributed by atoms with Gasteiger partial charge in [-0.05, 0) is 29.8 Å². The molecule has 0 fully saturated rings. The van der Waals surface area contributed by atoms with Crippen LogP contribution >= 0.6 is 11.6 Å². The van der Waals surface area contributed by atoms with Gasteiger partial charge in [-0.2, -0.15) is 0 Å². The molecule has 2 rings (SSSR count). The first-order chi connectivity index (χ1) is 9.69. The molecule has 0 aliphatic rings. The maximum absolute atomic E-state index is 11.6. The van der Waals surface area contributed by atoms with E-state index in [0.29, 0.717) is 11.6 Å². The number of benzene rings is 2. The number of carbonyl (C=O) groups excluding carboxylic acids is 1. The van der Waals surface area contributed by atoms with Crippen LogP contribution in [0.1, 0.15) is 5.56 Å². The van der Waals surface area contributed by atoms with Gasteiger partial charge in [0.1, 0.15) is 6.54 Å². The molecule has 0 spiro atoms. The number of hydrogen-bond acceptors (Lipinski definition) is 3. The molecule has 2 aromatic carbocycles. The number of carbonyl (C=O) groups is 1. The number of esters is 1. The van der Waals surface area contributed by atoms with Crippen molar-refractivity contribution in [3.8, 4) is 0 Å². The Kier molecular flexibility index (Phi) is 5.02. The van der Waals surface area contributed by atoms with Crippen LogP contribution < -0.4 is 4.90 Å². The number of ether oxygens (including phenoxy) is 1. The lowest BCUT2D eigenvalue weighted by atomic mass is 10.2. The largest absolute Gasteiger partial charge is 0.468 e. The Bertz CT molecular complexity index is 554. The fraction of sp³-hybridized carbons (Fsp3) is 0.188. The molecule has 0 aliphatic carbocycles. The third kappa shape index (κ3) is 4.00. The quantitative estimate of drug-likeness (QED) is 0.789. The van der Waals surface area contributed by atoms with Gasteiger partial charge >= 0.3 is 5.97 Å². The number of rotatable bonds is 5. The summed E-state index contributed by atoms with van der Waals surface area (Å²) < 4.78 is 4.76. The van der Waals surface area contributed by atoms with Gasteiger partial charge in [0, 0.05) is 17.3 Å². The van der Waals surface area contributed by atoms with Gasteiger partial charge in [0.25, 0.3) is 0 Å². The molecular weight excluding hydrogens is 274 g/mol. The molecule has 0 atom stereocenters. The van der Waals surface area contributed by atoms with Gasteiger partial charge in [-0.1, -0.05) is 41.9 Å². The third-order valence-electron chi connectivity index (χ3n) is 2.96. The van der Waals surface area contributed by atoms with E-state index in [-0.39, 0.29) is 12.5 Å². The molecule has 0 radical (unpaired) electrons. The van der Waals surface area contributed by atoms with Crippen LogP contribution in [0.4, 0.5) is 5.69 Å². The van der Waals surface area contributed by atoms with E-state index >= 15 is 0 Å². The molecule has 0 amide bonds. The van der Waals surface area contributed by atoms with Gasteiger partial charge in [0.05, 0.1) is 7.11 Å². The molecule has 3 nitrogen and oxygen atoms in total. The Labute approximate surface area is 123 Å². The first kappa shape index (κ1) is 14.4. The zero-order chi connectivity index (χ0) is 14.4. The van der Waals surface area contributed by atoms with Gasteiger partial charge in [-0.25, -0.2) is 0 Å². The minimum Gasteiger partial charge on any atom is -0.468 e. The van der Waals surface area contributed by atoms with E-state index in [9.17, 15) is 4.79 Å². The molecule has 0 saturated heterocycles. The summed E-state index contributed by atoms with van der Waals surface area (Å²) in [5.41, 5.74) is 2.06. The standard InChI is InChI=1S/C16H16ClNO2/c1-20-16(19)12-18(11-13-5-3-2-4-6-13)15-9-7-14(17)8-10-15/h2-10H,11-12H2,1H3. The molecule has 0 aromatic heterocycles. The van der Waals surface area contributed by atoms with Crippen LogP contribution in [-0.4, -0.2) is 19.6 Å². The van der Waals surface area contributed by atoms with Gasteiger partial charge in [-0.15, -0.1) is 0 Å². The van der Waals surface area contributed by atoms with E-state index in [0.717, 1.165) is 11.3 Å². The van der Waals surface area contributed by atoms with Crippen LogP contribution in [0, 0.1) is 0 Å². The number of methoxy groups -OCH3 is 1. The van der Waals surface area contributed by atoms with E-state index in [4.69, 9.17) is 16.3 Å². The minimum atomic E-state index is -0.268. The van der Waals surface area contributed by atoms with Crippen molar-refractivity contribution in [2.45, 2.75) is 6.54 Å². The lowest BCUT2D eigenvalue weighted by molar-refractivity contribution is -0.138. The summed E-state index contributed by atoms with van der Waals surface area (Å²) >= 11 is 5.90. The van der Waals surface area contributed by atoms with Crippen molar-refractivity contribution in [3.63, 3.8) is 0 Å². The van der Waals surface area contributed by atoms with Gasteiger partial charge in [0.2, 0.25) is 0 Å². The Morgan fingerprint density at radius 1 is 1.10 bits per heavy atom. The average molecular weight is 290 g/mol. The number of halogens is 1. The molecule has 0 saturated carbocycles. The van der Waals surface area contributed by atoms with Crippen molar-refractivity contribution in [2.24, 2.45) is 0 Å². The lowest BCUT2D eigenvalue weighted by Gasteiger charge is -2.23. The summed E-state index contributed by atoms with van der Waals surface area (Å²) in [6, 6.07) is 17.4. The first-order valence-electron chi connectivity index (χ1n) is 6.30. The number of anilines is 1. The normalized spacial score (nSPS) is 10.1. The summed E-state index contributed by atoms with van der Waals surface area (Å²) in [6.45, 7) is 0.838. The minimum absolute atomic E-state index is 0.201. The third-order valence-corrected chi connectivity index (χ3v) is 3.21. The molecule has 104 valence electrons. The second kappa shape index (κ2) is 6.96. The zero-order valence-electron chi connectivity index (χ0n) is 11.3. The summed E-state index contributed by atoms with van der Waals surface area (Å²) in [5, 5.41) is 0.673. The molecule has 2 aromatic rings. The average Bonchev–Trinajstić information content (AvgIpc) is 2.48. The van der Waals surface area contributed by atoms with Crippen LogP contribution in [-0.2, 0) is 16.1 Å². The van der Waals surface area contributed by atoms with Crippen molar-refractivity contribution in [1.29, 1.82) is 0 Å². The Balaban J connectivity index is 2.20. The lowest BCUT2D eigenvalue weighted by Crippen LogP contribution is -2.30. The van der Waals surface area contributed by atoms with E-state index in [2.05, 4.69) is 0 Å². The van der Waals surface area contributed by atoms with Crippen LogP contribution in [0.15, 0.2) is 54.6 Å². The Hall–Kier alpha value is -2.00. The van der Waals surface area contributed by atoms with Crippen molar-refractivity contribution in [2.75, 3.05) is 18.6 Å². The highest BCUT2D eigenvalue weighted by atomic mass is 35.5. The van der Waals surface area contributed by atoms with Crippen LogP contribution in [0.3, 0.4) is 0 Å². The predicted octanol–water partition coefficient (Wildman–Crippen LogP) is 3.52. The molecule has 0 heterocycles. The van der Waals surface area contributed by atoms with Crippen molar-refractivity contribution in [3.05, 3.63) is 65.2 Å². The topological polar surface area (TPSA) is 29.5 Å². The fourth-order valence-electron chi connectivity index (χ4n) is 1.91. The Morgan fingerprint density at radius 2 is 1.75 bits per heavy atom. The van der Waals surface area contributed by atoms with Crippen molar-refractivity contribution < 1.29 is 9.53 Å². The fourth-order valence-corrected chi connectivity index (χ4v) is 2.04. The molecule has 0 N–H and O–H groups in total. The summed E-state index contributed by atoms with van der Waals surface area (Å²) in [6.07, 6.45) is 0. The smallest absolute Gasteiger partial charge is 0.325 e. The van der Waals surface area contributed by atoms with E-state index < -0.39 is 0 Å². The first-order valence-corrected chi connectivity index (χ1v) is 6.68. The number of nitrogens with zero attached hydrogens (tertiary/aromatic N) is 1. The molecule has 4 heteroatoms. The SMILES string of the molecule is COC(=O)CN(Cc1ccccc1)c1ccc(Cl)cc1. The second-order valence-corrected chi connectivity index (χ2v) is 4.83. The monoisotopic (exact) mass is 289 g/mol.